The van der Waals surface area contributed by atoms with E-state index in [2.05, 4.69) is 0 Å². The number of hydrogen-bond acceptors (Lipinski definition) is 12. The summed E-state index contributed by atoms with van der Waals surface area (Å²) in [6.07, 6.45) is 0. The molecule has 0 aromatic heterocycles. The molecule has 0 atom stereocenters. The number of carboxylic acid groups (broad SMARTS) is 4. The van der Waals surface area contributed by atoms with Gasteiger partial charge >= 0.3 is 0 Å². The molecule has 8 N–H and O–H groups in total. The number of nitrogen functional groups attached to an aromatic ring is 4. The molecule has 0 bridgehead atoms. The summed E-state index contributed by atoms with van der Waals surface area (Å²) in [4.78, 5) is 40.6. The number of aromatic carboxylic acids is 4. The maximum atomic E-state index is 10.2. The van der Waals surface area contributed by atoms with Crippen LogP contribution in [0.2, 0.25) is 0 Å². The summed E-state index contributed by atoms with van der Waals surface area (Å²) in [6, 6.07) is 23.4. The molecule has 0 unspecified atom stereocenters. The van der Waals surface area contributed by atoms with E-state index in [1.165, 1.54) is 97.1 Å². The second-order valence-corrected chi connectivity index (χ2v) is 7.64. The smallest absolute Gasteiger partial charge is 0.0715 e. The second kappa shape index (κ2) is 17.9. The molecule has 1 radical (unpaired) electrons. The minimum atomic E-state index is -1.18. The Labute approximate surface area is 245 Å². The molecular formula is C28H24MnN4O8-4. The van der Waals surface area contributed by atoms with Crippen LogP contribution in [0.4, 0.5) is 22.7 Å². The summed E-state index contributed by atoms with van der Waals surface area (Å²) in [5.74, 6) is -4.72. The van der Waals surface area contributed by atoms with Gasteiger partial charge in [0.2, 0.25) is 0 Å². The molecule has 0 aliphatic rings. The normalized spacial score (nSPS) is 8.98. The Morgan fingerprint density at radius 2 is 0.463 bits per heavy atom. The molecule has 0 fully saturated rings. The number of carboxylic acids is 4. The number of rotatable bonds is 4. The fraction of sp³-hybridized carbons (Fsp3) is 0. The van der Waals surface area contributed by atoms with Gasteiger partial charge in [-0.25, -0.2) is 0 Å². The van der Waals surface area contributed by atoms with Gasteiger partial charge in [0.15, 0.2) is 0 Å². The van der Waals surface area contributed by atoms with E-state index in [-0.39, 0.29) is 39.3 Å². The predicted molar refractivity (Wildman–Crippen MR) is 141 cm³/mol. The molecule has 41 heavy (non-hydrogen) atoms. The van der Waals surface area contributed by atoms with Gasteiger partial charge in [-0.3, -0.25) is 0 Å². The monoisotopic (exact) mass is 599 g/mol. The summed E-state index contributed by atoms with van der Waals surface area (Å²) < 4.78 is 0. The van der Waals surface area contributed by atoms with Gasteiger partial charge in [0.05, 0.1) is 23.9 Å². The molecule has 4 aromatic carbocycles. The Kier molecular flexibility index (Phi) is 15.5. The fourth-order valence-electron chi connectivity index (χ4n) is 2.48. The van der Waals surface area contributed by atoms with Crippen LogP contribution in [0.3, 0.4) is 0 Å². The molecule has 0 aliphatic heterocycles. The van der Waals surface area contributed by atoms with Crippen LogP contribution in [0.15, 0.2) is 97.1 Å². The predicted octanol–water partition coefficient (Wildman–Crippen LogP) is -1.47. The average molecular weight is 599 g/mol. The van der Waals surface area contributed by atoms with E-state index >= 15 is 0 Å². The summed E-state index contributed by atoms with van der Waals surface area (Å²) in [5.41, 5.74) is 24.0. The molecule has 0 amide bonds. The van der Waals surface area contributed by atoms with E-state index in [9.17, 15) is 39.6 Å². The number of carbonyl (C=O) groups is 4. The van der Waals surface area contributed by atoms with Crippen molar-refractivity contribution in [3.8, 4) is 0 Å². The van der Waals surface area contributed by atoms with Crippen LogP contribution in [0.5, 0.6) is 0 Å². The van der Waals surface area contributed by atoms with Crippen LogP contribution in [0, 0.1) is 0 Å². The van der Waals surface area contributed by atoms with E-state index < -0.39 is 23.9 Å². The van der Waals surface area contributed by atoms with Crippen molar-refractivity contribution < 1.29 is 56.7 Å². The maximum Gasteiger partial charge on any atom is 0.0715 e. The van der Waals surface area contributed by atoms with Crippen LogP contribution >= 0.6 is 0 Å². The van der Waals surface area contributed by atoms with Gasteiger partial charge in [-0.2, -0.15) is 0 Å². The van der Waals surface area contributed by atoms with Crippen LogP contribution < -0.4 is 43.4 Å². The largest absolute Gasteiger partial charge is 0.545 e. The molecule has 0 saturated carbocycles. The van der Waals surface area contributed by atoms with Crippen LogP contribution in [-0.2, 0) is 17.1 Å². The van der Waals surface area contributed by atoms with E-state index in [0.29, 0.717) is 22.7 Å². The molecule has 0 saturated heterocycles. The van der Waals surface area contributed by atoms with Crippen molar-refractivity contribution in [1.29, 1.82) is 0 Å². The SMILES string of the molecule is Nc1ccc(C(=O)[O-])cc1.Nc1ccc(C(=O)[O-])cc1.Nc1ccc(C(=O)[O-])cc1.Nc1ccc(C(=O)[O-])cc1.[Mn]. The fourth-order valence-corrected chi connectivity index (χ4v) is 2.48. The van der Waals surface area contributed by atoms with E-state index in [1.54, 1.807) is 0 Å². The van der Waals surface area contributed by atoms with Gasteiger partial charge in [-0.05, 0) is 70.8 Å². The first-order valence-electron chi connectivity index (χ1n) is 11.1. The average Bonchev–Trinajstić information content (AvgIpc) is 2.91. The van der Waals surface area contributed by atoms with Crippen molar-refractivity contribution in [2.45, 2.75) is 0 Å². The number of hydrogen-bond donors (Lipinski definition) is 4. The van der Waals surface area contributed by atoms with Crippen LogP contribution in [0.1, 0.15) is 41.4 Å². The molecule has 0 aliphatic carbocycles. The second-order valence-electron chi connectivity index (χ2n) is 7.64. The Hall–Kier alpha value is -5.52. The molecule has 4 aromatic rings. The summed E-state index contributed by atoms with van der Waals surface area (Å²) >= 11 is 0. The standard InChI is InChI=1S/4C7H7NO2.Mn/c4*8-6-3-1-5(2-4-6)7(9)10;/h4*1-4H,8H2,(H,9,10);/p-4. The first-order valence-corrected chi connectivity index (χ1v) is 11.1. The third-order valence-electron chi connectivity index (χ3n) is 4.59. The third kappa shape index (κ3) is 14.3. The van der Waals surface area contributed by atoms with E-state index in [0.717, 1.165) is 0 Å². The van der Waals surface area contributed by atoms with Gasteiger partial charge in [0.25, 0.3) is 0 Å². The van der Waals surface area contributed by atoms with E-state index in [1.807, 2.05) is 0 Å². The summed E-state index contributed by atoms with van der Waals surface area (Å²) in [6.45, 7) is 0. The maximum absolute atomic E-state index is 10.2. The Morgan fingerprint density at radius 1 is 0.341 bits per heavy atom. The third-order valence-corrected chi connectivity index (χ3v) is 4.59. The Morgan fingerprint density at radius 3 is 0.561 bits per heavy atom. The van der Waals surface area contributed by atoms with Gasteiger partial charge in [0.1, 0.15) is 0 Å². The first-order chi connectivity index (χ1) is 18.8. The molecule has 215 valence electrons. The zero-order chi connectivity index (χ0) is 30.2. The van der Waals surface area contributed by atoms with E-state index in [4.69, 9.17) is 22.9 Å². The van der Waals surface area contributed by atoms with Crippen molar-refractivity contribution in [2.24, 2.45) is 0 Å². The topological polar surface area (TPSA) is 265 Å². The van der Waals surface area contributed by atoms with Crippen molar-refractivity contribution in [2.75, 3.05) is 22.9 Å². The molecule has 13 heteroatoms. The van der Waals surface area contributed by atoms with Crippen molar-refractivity contribution in [3.63, 3.8) is 0 Å². The zero-order valence-electron chi connectivity index (χ0n) is 21.2. The molecule has 4 rings (SSSR count). The van der Waals surface area contributed by atoms with Crippen molar-refractivity contribution in [1.82, 2.24) is 0 Å². The van der Waals surface area contributed by atoms with Crippen molar-refractivity contribution in [3.05, 3.63) is 119 Å². The van der Waals surface area contributed by atoms with Gasteiger partial charge in [-0.1, -0.05) is 48.5 Å². The minimum absolute atomic E-state index is 0. The van der Waals surface area contributed by atoms with Crippen LogP contribution in [-0.4, -0.2) is 23.9 Å². The molecule has 0 spiro atoms. The summed E-state index contributed by atoms with van der Waals surface area (Å²) in [5, 5.41) is 40.6. The Bertz CT molecular complexity index is 1190. The van der Waals surface area contributed by atoms with Gasteiger partial charge in [-0.15, -0.1) is 0 Å². The van der Waals surface area contributed by atoms with Gasteiger partial charge < -0.3 is 62.5 Å². The Balaban J connectivity index is 0.000000516. The van der Waals surface area contributed by atoms with Gasteiger partial charge in [0, 0.05) is 39.8 Å². The summed E-state index contributed by atoms with van der Waals surface area (Å²) in [7, 11) is 0. The molecular weight excluding hydrogens is 575 g/mol. The number of benzene rings is 4. The molecule has 12 nitrogen and oxygen atoms in total. The minimum Gasteiger partial charge on any atom is -0.545 e. The number of anilines is 4. The number of nitrogens with two attached hydrogens (primary N) is 4. The first kappa shape index (κ1) is 35.5. The molecule has 0 heterocycles. The van der Waals surface area contributed by atoms with Crippen LogP contribution in [0.25, 0.3) is 0 Å². The number of carbonyl (C=O) groups excluding carboxylic acids is 4. The zero-order valence-corrected chi connectivity index (χ0v) is 22.4. The van der Waals surface area contributed by atoms with Crippen molar-refractivity contribution >= 4 is 46.6 Å². The quantitative estimate of drug-likeness (QED) is 0.155.